The molecular weight excluding hydrogens is 653 g/mol. The van der Waals surface area contributed by atoms with Crippen LogP contribution in [-0.2, 0) is 21.7 Å². The Morgan fingerprint density at radius 1 is 0.547 bits per heavy atom. The van der Waals surface area contributed by atoms with Crippen LogP contribution in [0.3, 0.4) is 0 Å². The number of nitrogens with zero attached hydrogens (tertiary/aromatic N) is 6. The fourth-order valence-corrected chi connectivity index (χ4v) is 4.69. The standard InChI is InChI=1S/C11H13NO.C10H14.C9H13N.C8H8N2.C8H12N2/c1-11(2,3)10-12-8-6-4-5-7-9(8)13-10;1-10(2,3)9-7-5-4-6-8-9;1-9(2,3)8-5-4-6-10-7-8;1-7-6-8-4-2-3-5-10(8)9-7;1-8(2,3)7-6-9-4-5-10-7/h4-7H,1-3H3;4-8H,1-3H3;4-7H,1-3H3;2-6H,1H3;4-6H,1-3H3. The van der Waals surface area contributed by atoms with Crippen molar-refractivity contribution in [2.75, 3.05) is 0 Å². The molecule has 7 rings (SSSR count). The van der Waals surface area contributed by atoms with E-state index in [9.17, 15) is 0 Å². The Kier molecular flexibility index (Phi) is 14.8. The molecule has 0 aliphatic carbocycles. The molecule has 0 saturated heterocycles. The van der Waals surface area contributed by atoms with E-state index in [-0.39, 0.29) is 16.2 Å². The molecule has 2 aromatic carbocycles. The predicted molar refractivity (Wildman–Crippen MR) is 221 cm³/mol. The van der Waals surface area contributed by atoms with Gasteiger partial charge in [0.25, 0.3) is 0 Å². The van der Waals surface area contributed by atoms with Gasteiger partial charge in [-0.05, 0) is 65.3 Å². The van der Waals surface area contributed by atoms with Gasteiger partial charge in [0.2, 0.25) is 5.89 Å². The lowest BCUT2D eigenvalue weighted by Gasteiger charge is -2.18. The third-order valence-corrected chi connectivity index (χ3v) is 7.93. The second-order valence-corrected chi connectivity index (χ2v) is 17.0. The van der Waals surface area contributed by atoms with Gasteiger partial charge in [-0.2, -0.15) is 5.10 Å². The first kappa shape index (κ1) is 42.2. The minimum Gasteiger partial charge on any atom is -0.440 e. The maximum Gasteiger partial charge on any atom is 0.200 e. The summed E-state index contributed by atoms with van der Waals surface area (Å²) < 4.78 is 7.49. The molecule has 0 bridgehead atoms. The van der Waals surface area contributed by atoms with Crippen molar-refractivity contribution in [3.63, 3.8) is 0 Å². The summed E-state index contributed by atoms with van der Waals surface area (Å²) in [6.07, 6.45) is 10.9. The zero-order valence-electron chi connectivity index (χ0n) is 34.2. The number of para-hydroxylation sites is 2. The first-order chi connectivity index (χ1) is 24.7. The summed E-state index contributed by atoms with van der Waals surface area (Å²) in [4.78, 5) is 16.6. The summed E-state index contributed by atoms with van der Waals surface area (Å²) in [5.74, 6) is 0.800. The Morgan fingerprint density at radius 3 is 1.62 bits per heavy atom. The van der Waals surface area contributed by atoms with Crippen molar-refractivity contribution >= 4 is 16.6 Å². The predicted octanol–water partition coefficient (Wildman–Crippen LogP) is 11.9. The molecule has 0 atom stereocenters. The summed E-state index contributed by atoms with van der Waals surface area (Å²) in [5, 5.41) is 4.23. The maximum absolute atomic E-state index is 5.62. The minimum atomic E-state index is -0.0149. The molecular formula is C46H60N6O. The fraction of sp³-hybridized carbons (Fsp3) is 0.370. The third kappa shape index (κ3) is 14.4. The normalized spacial score (nSPS) is 11.5. The van der Waals surface area contributed by atoms with Gasteiger partial charge in [0.15, 0.2) is 5.58 Å². The van der Waals surface area contributed by atoms with E-state index in [2.05, 4.69) is 151 Å². The van der Waals surface area contributed by atoms with Crippen LogP contribution < -0.4 is 0 Å². The van der Waals surface area contributed by atoms with Crippen molar-refractivity contribution in [1.29, 1.82) is 0 Å². The van der Waals surface area contributed by atoms with Gasteiger partial charge in [-0.3, -0.25) is 15.0 Å². The zero-order chi connectivity index (χ0) is 39.3. The number of benzene rings is 2. The maximum atomic E-state index is 5.62. The second-order valence-electron chi connectivity index (χ2n) is 17.0. The molecule has 0 spiro atoms. The van der Waals surface area contributed by atoms with E-state index in [0.29, 0.717) is 5.41 Å². The molecule has 53 heavy (non-hydrogen) atoms. The molecule has 0 aliphatic heterocycles. The molecule has 0 saturated carbocycles. The number of aromatic nitrogens is 6. The highest BCUT2D eigenvalue weighted by Gasteiger charge is 2.20. The lowest BCUT2D eigenvalue weighted by molar-refractivity contribution is 0.411. The Morgan fingerprint density at radius 2 is 1.15 bits per heavy atom. The lowest BCUT2D eigenvalue weighted by Crippen LogP contribution is -2.13. The summed E-state index contributed by atoms with van der Waals surface area (Å²) >= 11 is 0. The number of hydrogen-bond donors (Lipinski definition) is 0. The number of aryl methyl sites for hydroxylation is 1. The molecule has 0 N–H and O–H groups in total. The van der Waals surface area contributed by atoms with Crippen LogP contribution in [0.4, 0.5) is 0 Å². The first-order valence-electron chi connectivity index (χ1n) is 18.2. The summed E-state index contributed by atoms with van der Waals surface area (Å²) in [6, 6.07) is 30.5. The molecule has 5 aromatic heterocycles. The molecule has 7 heteroatoms. The summed E-state index contributed by atoms with van der Waals surface area (Å²) in [7, 11) is 0. The van der Waals surface area contributed by atoms with Crippen molar-refractivity contribution in [3.8, 4) is 0 Å². The summed E-state index contributed by atoms with van der Waals surface area (Å²) in [6.45, 7) is 27.9. The second kappa shape index (κ2) is 18.5. The number of fused-ring (bicyclic) bond motifs is 2. The highest BCUT2D eigenvalue weighted by atomic mass is 16.3. The highest BCUT2D eigenvalue weighted by Crippen LogP contribution is 2.25. The van der Waals surface area contributed by atoms with Crippen molar-refractivity contribution < 1.29 is 4.42 Å². The van der Waals surface area contributed by atoms with E-state index in [1.807, 2.05) is 72.4 Å². The van der Waals surface area contributed by atoms with Gasteiger partial charge in [-0.1, -0.05) is 138 Å². The number of oxazole rings is 1. The highest BCUT2D eigenvalue weighted by molar-refractivity contribution is 5.72. The van der Waals surface area contributed by atoms with E-state index in [1.165, 1.54) is 11.1 Å². The number of hydrogen-bond acceptors (Lipinski definition) is 6. The van der Waals surface area contributed by atoms with Crippen LogP contribution in [0.1, 0.15) is 111 Å². The van der Waals surface area contributed by atoms with Crippen LogP contribution in [0.5, 0.6) is 0 Å². The van der Waals surface area contributed by atoms with Crippen molar-refractivity contribution in [3.05, 3.63) is 157 Å². The SMILES string of the molecule is CC(C)(C)c1ccccc1.CC(C)(C)c1cccnc1.CC(C)(C)c1cnccn1.CC(C)(C)c1nc2ccccc2o1.Cc1cc2ccccn2n1. The molecule has 0 amide bonds. The van der Waals surface area contributed by atoms with Crippen molar-refractivity contribution in [2.45, 2.75) is 112 Å². The van der Waals surface area contributed by atoms with E-state index >= 15 is 0 Å². The Balaban J connectivity index is 0.000000179. The van der Waals surface area contributed by atoms with E-state index in [0.717, 1.165) is 33.9 Å². The van der Waals surface area contributed by atoms with Gasteiger partial charge in [0.05, 0.1) is 16.9 Å². The Bertz CT molecular complexity index is 1870. The molecule has 7 aromatic rings. The van der Waals surface area contributed by atoms with Crippen LogP contribution in [0.25, 0.3) is 16.6 Å². The molecule has 280 valence electrons. The van der Waals surface area contributed by atoms with Crippen LogP contribution in [-0.4, -0.2) is 29.5 Å². The Labute approximate surface area is 318 Å². The average molecular weight is 713 g/mol. The van der Waals surface area contributed by atoms with Gasteiger partial charge in [0, 0.05) is 48.0 Å². The fourth-order valence-electron chi connectivity index (χ4n) is 4.69. The quantitative estimate of drug-likeness (QED) is 0.156. The van der Waals surface area contributed by atoms with Gasteiger partial charge >= 0.3 is 0 Å². The third-order valence-electron chi connectivity index (χ3n) is 7.93. The van der Waals surface area contributed by atoms with Crippen LogP contribution in [0, 0.1) is 6.92 Å². The largest absolute Gasteiger partial charge is 0.440 e. The smallest absolute Gasteiger partial charge is 0.200 e. The van der Waals surface area contributed by atoms with Crippen molar-refractivity contribution in [2.24, 2.45) is 0 Å². The average Bonchev–Trinajstić information content (AvgIpc) is 3.73. The molecule has 5 heterocycles. The first-order valence-corrected chi connectivity index (χ1v) is 18.2. The van der Waals surface area contributed by atoms with Gasteiger partial charge < -0.3 is 4.42 Å². The lowest BCUT2D eigenvalue weighted by atomic mass is 9.87. The topological polar surface area (TPSA) is 82.0 Å². The number of pyridine rings is 2. The molecule has 0 radical (unpaired) electrons. The van der Waals surface area contributed by atoms with Crippen LogP contribution in [0.15, 0.2) is 133 Å². The van der Waals surface area contributed by atoms with E-state index < -0.39 is 0 Å². The van der Waals surface area contributed by atoms with Crippen LogP contribution in [0.2, 0.25) is 0 Å². The van der Waals surface area contributed by atoms with Gasteiger partial charge in [0.1, 0.15) is 5.52 Å². The number of rotatable bonds is 0. The van der Waals surface area contributed by atoms with Gasteiger partial charge in [-0.25, -0.2) is 9.50 Å². The molecule has 0 fully saturated rings. The Hall–Kier alpha value is -5.17. The monoisotopic (exact) mass is 712 g/mol. The van der Waals surface area contributed by atoms with E-state index in [4.69, 9.17) is 4.42 Å². The summed E-state index contributed by atoms with van der Waals surface area (Å²) in [5.41, 5.74) is 8.37. The molecule has 7 nitrogen and oxygen atoms in total. The molecule has 0 unspecified atom stereocenters. The van der Waals surface area contributed by atoms with Crippen LogP contribution >= 0.6 is 0 Å². The van der Waals surface area contributed by atoms with E-state index in [1.54, 1.807) is 24.8 Å². The van der Waals surface area contributed by atoms with Gasteiger partial charge in [-0.15, -0.1) is 0 Å². The van der Waals surface area contributed by atoms with Crippen molar-refractivity contribution in [1.82, 2.24) is 29.5 Å². The molecule has 0 aliphatic rings. The zero-order valence-corrected chi connectivity index (χ0v) is 34.2. The minimum absolute atomic E-state index is 0.0149.